The Morgan fingerprint density at radius 1 is 1.50 bits per heavy atom. The summed E-state index contributed by atoms with van der Waals surface area (Å²) in [5, 5.41) is 10.4. The Morgan fingerprint density at radius 2 is 2.11 bits per heavy atom. The maximum absolute atomic E-state index is 11.7. The molecule has 1 aliphatic carbocycles. The molecule has 18 heavy (non-hydrogen) atoms. The highest BCUT2D eigenvalue weighted by Crippen LogP contribution is 2.52. The second-order valence-electron chi connectivity index (χ2n) is 6.68. The van der Waals surface area contributed by atoms with Crippen LogP contribution in [0.4, 0.5) is 0 Å². The Kier molecular flexibility index (Phi) is 4.82. The quantitative estimate of drug-likeness (QED) is 0.786. The fourth-order valence-electron chi connectivity index (χ4n) is 3.04. The van der Waals surface area contributed by atoms with Crippen LogP contribution in [-0.2, 0) is 9.53 Å². The van der Waals surface area contributed by atoms with Crippen LogP contribution in [0, 0.1) is 16.7 Å². The molecule has 3 nitrogen and oxygen atoms in total. The van der Waals surface area contributed by atoms with E-state index < -0.39 is 0 Å². The minimum absolute atomic E-state index is 0.158. The van der Waals surface area contributed by atoms with E-state index in [0.29, 0.717) is 18.9 Å². The van der Waals surface area contributed by atoms with Gasteiger partial charge >= 0.3 is 5.97 Å². The first-order valence-electron chi connectivity index (χ1n) is 7.06. The third-order valence-corrected chi connectivity index (χ3v) is 4.96. The second kappa shape index (κ2) is 5.60. The summed E-state index contributed by atoms with van der Waals surface area (Å²) in [4.78, 5) is 11.7. The SMILES string of the molecule is CCOC(=O)CC(C)(C)[C@@]1(C)CC[C@H](C)C[C@@H]1O. The van der Waals surface area contributed by atoms with Crippen LogP contribution in [0.1, 0.15) is 60.3 Å². The molecule has 1 saturated carbocycles. The summed E-state index contributed by atoms with van der Waals surface area (Å²) in [7, 11) is 0. The van der Waals surface area contributed by atoms with Gasteiger partial charge in [0.05, 0.1) is 19.1 Å². The van der Waals surface area contributed by atoms with Gasteiger partial charge in [0.15, 0.2) is 0 Å². The molecule has 0 radical (unpaired) electrons. The van der Waals surface area contributed by atoms with Gasteiger partial charge in [-0.1, -0.05) is 27.7 Å². The molecule has 0 aromatic carbocycles. The average Bonchev–Trinajstić information content (AvgIpc) is 2.23. The maximum atomic E-state index is 11.7. The van der Waals surface area contributed by atoms with Gasteiger partial charge in [-0.15, -0.1) is 0 Å². The van der Waals surface area contributed by atoms with Crippen LogP contribution in [0.5, 0.6) is 0 Å². The van der Waals surface area contributed by atoms with Crippen molar-refractivity contribution >= 4 is 5.97 Å². The standard InChI is InChI=1S/C15H28O3/c1-6-18-13(17)10-14(3,4)15(5)8-7-11(2)9-12(15)16/h11-12,16H,6-10H2,1-5H3/t11-,12-,15-/m0/s1. The van der Waals surface area contributed by atoms with Crippen molar-refractivity contribution in [1.82, 2.24) is 0 Å². The molecular formula is C15H28O3. The van der Waals surface area contributed by atoms with E-state index in [9.17, 15) is 9.90 Å². The van der Waals surface area contributed by atoms with Gasteiger partial charge in [0, 0.05) is 0 Å². The number of carbonyl (C=O) groups excluding carboxylic acids is 1. The van der Waals surface area contributed by atoms with E-state index in [4.69, 9.17) is 4.74 Å². The predicted molar refractivity (Wildman–Crippen MR) is 72.2 cm³/mol. The molecule has 0 aromatic heterocycles. The lowest BCUT2D eigenvalue weighted by Crippen LogP contribution is -2.49. The van der Waals surface area contributed by atoms with Crippen LogP contribution in [0.2, 0.25) is 0 Å². The summed E-state index contributed by atoms with van der Waals surface area (Å²) in [6.07, 6.45) is 2.98. The van der Waals surface area contributed by atoms with Crippen LogP contribution < -0.4 is 0 Å². The topological polar surface area (TPSA) is 46.5 Å². The molecule has 0 amide bonds. The molecule has 1 fully saturated rings. The fourth-order valence-corrected chi connectivity index (χ4v) is 3.04. The van der Waals surface area contributed by atoms with Crippen molar-refractivity contribution in [2.24, 2.45) is 16.7 Å². The van der Waals surface area contributed by atoms with E-state index in [1.54, 1.807) is 0 Å². The molecule has 106 valence electrons. The lowest BCUT2D eigenvalue weighted by atomic mass is 9.56. The highest BCUT2D eigenvalue weighted by atomic mass is 16.5. The summed E-state index contributed by atoms with van der Waals surface area (Å²) in [6.45, 7) is 10.7. The fraction of sp³-hybridized carbons (Fsp3) is 0.933. The number of aliphatic hydroxyl groups is 1. The monoisotopic (exact) mass is 256 g/mol. The first-order valence-corrected chi connectivity index (χ1v) is 7.06. The molecule has 0 bridgehead atoms. The minimum atomic E-state index is -0.328. The Balaban J connectivity index is 2.78. The summed E-state index contributed by atoms with van der Waals surface area (Å²) in [5.74, 6) is 0.418. The highest BCUT2D eigenvalue weighted by molar-refractivity contribution is 5.70. The minimum Gasteiger partial charge on any atom is -0.466 e. The molecule has 0 aromatic rings. The zero-order valence-corrected chi connectivity index (χ0v) is 12.5. The number of hydrogen-bond acceptors (Lipinski definition) is 3. The zero-order valence-electron chi connectivity index (χ0n) is 12.5. The summed E-state index contributed by atoms with van der Waals surface area (Å²) < 4.78 is 5.05. The van der Waals surface area contributed by atoms with Crippen LogP contribution in [0.25, 0.3) is 0 Å². The molecule has 0 spiro atoms. The van der Waals surface area contributed by atoms with Gasteiger partial charge in [0.1, 0.15) is 0 Å². The predicted octanol–water partition coefficient (Wildman–Crippen LogP) is 3.15. The lowest BCUT2D eigenvalue weighted by molar-refractivity contribution is -0.152. The van der Waals surface area contributed by atoms with Gasteiger partial charge in [-0.05, 0) is 42.9 Å². The van der Waals surface area contributed by atoms with Crippen molar-refractivity contribution in [3.8, 4) is 0 Å². The van der Waals surface area contributed by atoms with Gasteiger partial charge in [-0.25, -0.2) is 0 Å². The summed E-state index contributed by atoms with van der Waals surface area (Å²) in [6, 6.07) is 0. The first kappa shape index (κ1) is 15.5. The molecule has 0 aliphatic heterocycles. The molecule has 3 atom stereocenters. The smallest absolute Gasteiger partial charge is 0.306 e. The number of aliphatic hydroxyl groups excluding tert-OH is 1. The van der Waals surface area contributed by atoms with Crippen molar-refractivity contribution < 1.29 is 14.6 Å². The normalized spacial score (nSPS) is 33.2. The molecule has 1 N–H and O–H groups in total. The average molecular weight is 256 g/mol. The van der Waals surface area contributed by atoms with Gasteiger partial charge in [-0.2, -0.15) is 0 Å². The van der Waals surface area contributed by atoms with E-state index in [1.807, 2.05) is 6.92 Å². The van der Waals surface area contributed by atoms with Crippen LogP contribution in [0.15, 0.2) is 0 Å². The molecule has 1 rings (SSSR count). The Hall–Kier alpha value is -0.570. The van der Waals surface area contributed by atoms with Crippen LogP contribution >= 0.6 is 0 Å². The third-order valence-electron chi connectivity index (χ3n) is 4.96. The number of ether oxygens (including phenoxy) is 1. The van der Waals surface area contributed by atoms with Gasteiger partial charge < -0.3 is 9.84 Å². The molecule has 0 unspecified atom stereocenters. The Bertz CT molecular complexity index is 298. The summed E-state index contributed by atoms with van der Waals surface area (Å²) in [5.41, 5.74) is -0.439. The number of carbonyl (C=O) groups is 1. The largest absolute Gasteiger partial charge is 0.466 e. The van der Waals surface area contributed by atoms with Crippen molar-refractivity contribution in [3.05, 3.63) is 0 Å². The van der Waals surface area contributed by atoms with E-state index in [0.717, 1.165) is 19.3 Å². The summed E-state index contributed by atoms with van der Waals surface area (Å²) >= 11 is 0. The Morgan fingerprint density at radius 3 is 2.61 bits per heavy atom. The number of esters is 1. The van der Waals surface area contributed by atoms with Gasteiger partial charge in [0.25, 0.3) is 0 Å². The lowest BCUT2D eigenvalue weighted by Gasteiger charge is -2.51. The molecular weight excluding hydrogens is 228 g/mol. The maximum Gasteiger partial charge on any atom is 0.306 e. The van der Waals surface area contributed by atoms with Gasteiger partial charge in [0.2, 0.25) is 0 Å². The van der Waals surface area contributed by atoms with Crippen molar-refractivity contribution in [3.63, 3.8) is 0 Å². The molecule has 1 aliphatic rings. The number of rotatable bonds is 4. The van der Waals surface area contributed by atoms with Crippen molar-refractivity contribution in [2.45, 2.75) is 66.4 Å². The third kappa shape index (κ3) is 3.05. The zero-order chi connectivity index (χ0) is 14.0. The highest BCUT2D eigenvalue weighted by Gasteiger charge is 2.49. The van der Waals surface area contributed by atoms with E-state index in [2.05, 4.69) is 27.7 Å². The number of hydrogen-bond donors (Lipinski definition) is 1. The second-order valence-corrected chi connectivity index (χ2v) is 6.68. The first-order chi connectivity index (χ1) is 8.23. The van der Waals surface area contributed by atoms with Crippen LogP contribution in [0.3, 0.4) is 0 Å². The van der Waals surface area contributed by atoms with Crippen molar-refractivity contribution in [2.75, 3.05) is 6.61 Å². The Labute approximate surface area is 111 Å². The molecule has 0 heterocycles. The molecule has 0 saturated heterocycles. The van der Waals surface area contributed by atoms with Gasteiger partial charge in [-0.3, -0.25) is 4.79 Å². The van der Waals surface area contributed by atoms with Crippen molar-refractivity contribution in [1.29, 1.82) is 0 Å². The van der Waals surface area contributed by atoms with E-state index in [-0.39, 0.29) is 22.9 Å². The van der Waals surface area contributed by atoms with E-state index in [1.165, 1.54) is 0 Å². The molecule has 3 heteroatoms. The van der Waals surface area contributed by atoms with E-state index >= 15 is 0 Å². The van der Waals surface area contributed by atoms with Crippen LogP contribution in [-0.4, -0.2) is 23.8 Å².